The largest absolute Gasteiger partial charge is 0.421 e. The number of benzene rings is 1. The summed E-state index contributed by atoms with van der Waals surface area (Å²) >= 11 is 11.8. The van der Waals surface area contributed by atoms with Crippen molar-refractivity contribution in [2.24, 2.45) is 0 Å². The molecule has 0 radical (unpaired) electrons. The molecule has 1 saturated carbocycles. The first-order chi connectivity index (χ1) is 12.7. The number of alkyl halides is 3. The van der Waals surface area contributed by atoms with Gasteiger partial charge in [0.05, 0.1) is 16.1 Å². The molecule has 0 atom stereocenters. The second kappa shape index (κ2) is 8.08. The average molecular weight is 421 g/mol. The first kappa shape index (κ1) is 20.0. The van der Waals surface area contributed by atoms with E-state index in [4.69, 9.17) is 23.2 Å². The zero-order valence-electron chi connectivity index (χ0n) is 14.0. The molecule has 0 bridgehead atoms. The summed E-state index contributed by atoms with van der Waals surface area (Å²) in [6.45, 7) is 0. The average Bonchev–Trinajstić information content (AvgIpc) is 2.59. The van der Waals surface area contributed by atoms with Crippen LogP contribution in [0.2, 0.25) is 10.0 Å². The molecule has 5 nitrogen and oxygen atoms in total. The molecule has 0 unspecified atom stereocenters. The monoisotopic (exact) mass is 420 g/mol. The Labute approximate surface area is 163 Å². The summed E-state index contributed by atoms with van der Waals surface area (Å²) < 4.78 is 39.9. The highest BCUT2D eigenvalue weighted by Crippen LogP contribution is 2.35. The summed E-state index contributed by atoms with van der Waals surface area (Å²) in [6, 6.07) is 4.51. The normalized spacial score (nSPS) is 20.4. The Morgan fingerprint density at radius 2 is 1.78 bits per heavy atom. The minimum atomic E-state index is -4.58. The molecule has 1 aromatic carbocycles. The molecule has 1 fully saturated rings. The smallest absolute Gasteiger partial charge is 0.393 e. The van der Waals surface area contributed by atoms with Crippen LogP contribution < -0.4 is 10.6 Å². The zero-order valence-corrected chi connectivity index (χ0v) is 15.5. The number of aromatic nitrogens is 2. The number of aliphatic hydroxyl groups is 1. The predicted molar refractivity (Wildman–Crippen MR) is 98.7 cm³/mol. The van der Waals surface area contributed by atoms with Gasteiger partial charge in [-0.25, -0.2) is 4.98 Å². The number of aliphatic hydroxyl groups excluding tert-OH is 1. The van der Waals surface area contributed by atoms with E-state index in [1.54, 1.807) is 12.1 Å². The van der Waals surface area contributed by atoms with Crippen LogP contribution in [0.15, 0.2) is 24.4 Å². The molecule has 1 heterocycles. The van der Waals surface area contributed by atoms with Gasteiger partial charge >= 0.3 is 6.18 Å². The van der Waals surface area contributed by atoms with Crippen LogP contribution in [0.1, 0.15) is 31.2 Å². The molecule has 3 rings (SSSR count). The van der Waals surface area contributed by atoms with Gasteiger partial charge in [0.25, 0.3) is 0 Å². The molecule has 146 valence electrons. The SMILES string of the molecule is OC1CCC(Nc2nc(Nc3ccc(Cl)c(Cl)c3)ncc2C(F)(F)F)CC1. The summed E-state index contributed by atoms with van der Waals surface area (Å²) in [5.41, 5.74) is -0.441. The van der Waals surface area contributed by atoms with Crippen LogP contribution in [-0.4, -0.2) is 27.2 Å². The second-order valence-electron chi connectivity index (χ2n) is 6.36. The minimum Gasteiger partial charge on any atom is -0.393 e. The number of hydrogen-bond donors (Lipinski definition) is 3. The Hall–Kier alpha value is -1.77. The van der Waals surface area contributed by atoms with E-state index >= 15 is 0 Å². The summed E-state index contributed by atoms with van der Waals surface area (Å²) in [7, 11) is 0. The first-order valence-corrected chi connectivity index (χ1v) is 9.09. The molecule has 0 spiro atoms. The Bertz CT molecular complexity index is 811. The molecule has 0 saturated heterocycles. The fraction of sp³-hybridized carbons (Fsp3) is 0.412. The third kappa shape index (κ3) is 5.15. The number of nitrogens with zero attached hydrogens (tertiary/aromatic N) is 2. The van der Waals surface area contributed by atoms with Crippen LogP contribution >= 0.6 is 23.2 Å². The number of nitrogens with one attached hydrogen (secondary N) is 2. The summed E-state index contributed by atoms with van der Waals surface area (Å²) in [5, 5.41) is 15.9. The maximum atomic E-state index is 13.3. The Morgan fingerprint density at radius 3 is 2.41 bits per heavy atom. The van der Waals surface area contributed by atoms with Gasteiger partial charge in [-0.15, -0.1) is 0 Å². The molecule has 1 aliphatic carbocycles. The van der Waals surface area contributed by atoms with E-state index < -0.39 is 17.8 Å². The first-order valence-electron chi connectivity index (χ1n) is 8.33. The number of rotatable bonds is 4. The fourth-order valence-electron chi connectivity index (χ4n) is 2.88. The van der Waals surface area contributed by atoms with Crippen LogP contribution in [0.25, 0.3) is 0 Å². The maximum Gasteiger partial charge on any atom is 0.421 e. The number of anilines is 3. The van der Waals surface area contributed by atoms with E-state index in [0.29, 0.717) is 41.4 Å². The van der Waals surface area contributed by atoms with E-state index in [1.807, 2.05) is 0 Å². The molecule has 0 amide bonds. The third-order valence-electron chi connectivity index (χ3n) is 4.31. The predicted octanol–water partition coefficient (Wildman–Crippen LogP) is 5.26. The molecule has 27 heavy (non-hydrogen) atoms. The van der Waals surface area contributed by atoms with Gasteiger partial charge in [0.2, 0.25) is 5.95 Å². The molecular weight excluding hydrogens is 404 g/mol. The van der Waals surface area contributed by atoms with Gasteiger partial charge in [-0.2, -0.15) is 18.2 Å². The van der Waals surface area contributed by atoms with Crippen molar-refractivity contribution in [1.82, 2.24) is 9.97 Å². The standard InChI is InChI=1S/C17H17Cl2F3N4O/c18-13-6-3-10(7-14(13)19)25-16-23-8-12(17(20,21)22)15(26-16)24-9-1-4-11(27)5-2-9/h3,6-9,11,27H,1-2,4-5H2,(H2,23,24,25,26). The highest BCUT2D eigenvalue weighted by Gasteiger charge is 2.36. The van der Waals surface area contributed by atoms with Gasteiger partial charge in [-0.1, -0.05) is 23.2 Å². The Morgan fingerprint density at radius 1 is 1.07 bits per heavy atom. The van der Waals surface area contributed by atoms with Crippen LogP contribution in [-0.2, 0) is 6.18 Å². The summed E-state index contributed by atoms with van der Waals surface area (Å²) in [5.74, 6) is -0.291. The molecule has 1 aliphatic rings. The summed E-state index contributed by atoms with van der Waals surface area (Å²) in [6.07, 6.45) is -2.03. The maximum absolute atomic E-state index is 13.3. The minimum absolute atomic E-state index is 0.000247. The molecule has 3 N–H and O–H groups in total. The lowest BCUT2D eigenvalue weighted by atomic mass is 9.93. The molecule has 2 aromatic rings. The van der Waals surface area contributed by atoms with Gasteiger partial charge < -0.3 is 15.7 Å². The highest BCUT2D eigenvalue weighted by atomic mass is 35.5. The van der Waals surface area contributed by atoms with Crippen molar-refractivity contribution in [2.45, 2.75) is 44.0 Å². The van der Waals surface area contributed by atoms with Gasteiger partial charge in [-0.05, 0) is 43.9 Å². The molecule has 1 aromatic heterocycles. The lowest BCUT2D eigenvalue weighted by Gasteiger charge is -2.27. The van der Waals surface area contributed by atoms with E-state index in [-0.39, 0.29) is 17.8 Å². The van der Waals surface area contributed by atoms with Crippen molar-refractivity contribution in [3.05, 3.63) is 40.0 Å². The van der Waals surface area contributed by atoms with Crippen molar-refractivity contribution >= 4 is 40.7 Å². The second-order valence-corrected chi connectivity index (χ2v) is 7.17. The van der Waals surface area contributed by atoms with Crippen molar-refractivity contribution in [3.8, 4) is 0 Å². The topological polar surface area (TPSA) is 70.1 Å². The fourth-order valence-corrected chi connectivity index (χ4v) is 3.17. The highest BCUT2D eigenvalue weighted by molar-refractivity contribution is 6.42. The molecule has 10 heteroatoms. The van der Waals surface area contributed by atoms with Crippen LogP contribution in [0.3, 0.4) is 0 Å². The third-order valence-corrected chi connectivity index (χ3v) is 5.05. The summed E-state index contributed by atoms with van der Waals surface area (Å²) in [4.78, 5) is 7.77. The number of hydrogen-bond acceptors (Lipinski definition) is 5. The Balaban J connectivity index is 1.84. The van der Waals surface area contributed by atoms with Crippen molar-refractivity contribution in [2.75, 3.05) is 10.6 Å². The van der Waals surface area contributed by atoms with Crippen molar-refractivity contribution in [1.29, 1.82) is 0 Å². The van der Waals surface area contributed by atoms with Gasteiger partial charge in [0.1, 0.15) is 11.4 Å². The van der Waals surface area contributed by atoms with E-state index in [9.17, 15) is 18.3 Å². The zero-order chi connectivity index (χ0) is 19.6. The van der Waals surface area contributed by atoms with Crippen LogP contribution in [0.5, 0.6) is 0 Å². The lowest BCUT2D eigenvalue weighted by Crippen LogP contribution is -2.29. The van der Waals surface area contributed by atoms with Gasteiger partial charge in [0.15, 0.2) is 0 Å². The molecular formula is C17H17Cl2F3N4O. The molecule has 0 aliphatic heterocycles. The van der Waals surface area contributed by atoms with Crippen LogP contribution in [0.4, 0.5) is 30.6 Å². The van der Waals surface area contributed by atoms with E-state index in [0.717, 1.165) is 6.20 Å². The Kier molecular flexibility index (Phi) is 5.98. The van der Waals surface area contributed by atoms with Crippen LogP contribution in [0, 0.1) is 0 Å². The lowest BCUT2D eigenvalue weighted by molar-refractivity contribution is -0.137. The van der Waals surface area contributed by atoms with Crippen molar-refractivity contribution < 1.29 is 18.3 Å². The number of halogens is 5. The van der Waals surface area contributed by atoms with Gasteiger partial charge in [-0.3, -0.25) is 0 Å². The van der Waals surface area contributed by atoms with E-state index in [2.05, 4.69) is 20.6 Å². The van der Waals surface area contributed by atoms with Gasteiger partial charge in [0, 0.05) is 17.9 Å². The quantitative estimate of drug-likeness (QED) is 0.628. The van der Waals surface area contributed by atoms with Crippen molar-refractivity contribution in [3.63, 3.8) is 0 Å². The van der Waals surface area contributed by atoms with E-state index in [1.165, 1.54) is 6.07 Å².